The van der Waals surface area contributed by atoms with E-state index in [9.17, 15) is 8.42 Å². The molecule has 3 N–H and O–H groups in total. The molecule has 0 aliphatic carbocycles. The SMILES string of the molecule is CCCCCCCCC(N)(CCCCCCCC)CCCCCCCC.CS(=O)(=O)O. The molecule has 0 aromatic heterocycles. The average molecular weight is 464 g/mol. The van der Waals surface area contributed by atoms with Crippen molar-refractivity contribution in [2.45, 2.75) is 161 Å². The molecule has 190 valence electrons. The zero-order valence-electron chi connectivity index (χ0n) is 21.6. The summed E-state index contributed by atoms with van der Waals surface area (Å²) in [4.78, 5) is 0. The van der Waals surface area contributed by atoms with Crippen LogP contribution in [0.1, 0.15) is 156 Å². The van der Waals surface area contributed by atoms with Crippen LogP contribution in [0, 0.1) is 0 Å². The summed E-state index contributed by atoms with van der Waals surface area (Å²) >= 11 is 0. The summed E-state index contributed by atoms with van der Waals surface area (Å²) < 4.78 is 25.9. The van der Waals surface area contributed by atoms with Crippen LogP contribution in [0.2, 0.25) is 0 Å². The molecule has 0 aliphatic rings. The lowest BCUT2D eigenvalue weighted by Gasteiger charge is -2.30. The van der Waals surface area contributed by atoms with E-state index in [0.29, 0.717) is 6.26 Å². The molecule has 0 unspecified atom stereocenters. The maximum Gasteiger partial charge on any atom is 0.261 e. The van der Waals surface area contributed by atoms with Crippen LogP contribution in [0.5, 0.6) is 0 Å². The zero-order chi connectivity index (χ0) is 23.8. The van der Waals surface area contributed by atoms with Gasteiger partial charge in [0.25, 0.3) is 10.1 Å². The summed E-state index contributed by atoms with van der Waals surface area (Å²) in [5.41, 5.74) is 7.06. The molecule has 0 saturated carbocycles. The molecule has 0 radical (unpaired) electrons. The molecule has 4 nitrogen and oxygen atoms in total. The van der Waals surface area contributed by atoms with E-state index in [4.69, 9.17) is 10.3 Å². The van der Waals surface area contributed by atoms with Gasteiger partial charge in [0.2, 0.25) is 0 Å². The standard InChI is InChI=1S/C25H53N.CH4O3S/c1-4-7-10-13-16-19-22-25(26,23-20-17-14-11-8-5-2)24-21-18-15-12-9-6-3;1-5(2,3)4/h4-24,26H2,1-3H3;1H3,(H,2,3,4). The van der Waals surface area contributed by atoms with Gasteiger partial charge in [-0.1, -0.05) is 136 Å². The van der Waals surface area contributed by atoms with Gasteiger partial charge in [0.05, 0.1) is 6.26 Å². The van der Waals surface area contributed by atoms with Crippen LogP contribution < -0.4 is 5.73 Å². The summed E-state index contributed by atoms with van der Waals surface area (Å²) in [7, 11) is -3.67. The summed E-state index contributed by atoms with van der Waals surface area (Å²) in [5.74, 6) is 0. The third-order valence-electron chi connectivity index (χ3n) is 6.08. The Morgan fingerprint density at radius 3 is 0.968 bits per heavy atom. The van der Waals surface area contributed by atoms with Gasteiger partial charge >= 0.3 is 0 Å². The van der Waals surface area contributed by atoms with Crippen molar-refractivity contribution in [3.63, 3.8) is 0 Å². The highest BCUT2D eigenvalue weighted by Crippen LogP contribution is 2.27. The van der Waals surface area contributed by atoms with Crippen LogP contribution in [0.3, 0.4) is 0 Å². The van der Waals surface area contributed by atoms with Crippen LogP contribution in [0.4, 0.5) is 0 Å². The quantitative estimate of drug-likeness (QED) is 0.132. The predicted molar refractivity (Wildman–Crippen MR) is 138 cm³/mol. The molecule has 0 amide bonds. The molecule has 0 heterocycles. The van der Waals surface area contributed by atoms with Crippen LogP contribution >= 0.6 is 0 Å². The van der Waals surface area contributed by atoms with E-state index in [0.717, 1.165) is 0 Å². The summed E-state index contributed by atoms with van der Waals surface area (Å²) in [6.45, 7) is 6.89. The van der Waals surface area contributed by atoms with Crippen LogP contribution in [0.15, 0.2) is 0 Å². The Bertz CT molecular complexity index is 403. The molecule has 0 aromatic carbocycles. The van der Waals surface area contributed by atoms with Gasteiger partial charge in [0.15, 0.2) is 0 Å². The van der Waals surface area contributed by atoms with E-state index >= 15 is 0 Å². The van der Waals surface area contributed by atoms with Crippen molar-refractivity contribution in [2.24, 2.45) is 5.73 Å². The van der Waals surface area contributed by atoms with Crippen molar-refractivity contribution in [1.82, 2.24) is 0 Å². The highest BCUT2D eigenvalue weighted by Gasteiger charge is 2.23. The van der Waals surface area contributed by atoms with Crippen molar-refractivity contribution in [2.75, 3.05) is 6.26 Å². The van der Waals surface area contributed by atoms with E-state index in [1.165, 1.54) is 135 Å². The minimum atomic E-state index is -3.67. The van der Waals surface area contributed by atoms with Crippen molar-refractivity contribution in [3.05, 3.63) is 0 Å². The highest BCUT2D eigenvalue weighted by atomic mass is 32.2. The minimum absolute atomic E-state index is 0.139. The Hall–Kier alpha value is -0.130. The van der Waals surface area contributed by atoms with Gasteiger partial charge in [-0.2, -0.15) is 8.42 Å². The van der Waals surface area contributed by atoms with Gasteiger partial charge in [-0.15, -0.1) is 0 Å². The first-order chi connectivity index (χ1) is 14.7. The third kappa shape index (κ3) is 32.1. The maximum atomic E-state index is 9.19. The fourth-order valence-electron chi connectivity index (χ4n) is 4.15. The second-order valence-electron chi connectivity index (χ2n) is 9.65. The van der Waals surface area contributed by atoms with Gasteiger partial charge < -0.3 is 5.73 Å². The first-order valence-electron chi connectivity index (χ1n) is 13.4. The van der Waals surface area contributed by atoms with Crippen molar-refractivity contribution in [3.8, 4) is 0 Å². The Kier molecular flexibility index (Phi) is 24.6. The van der Waals surface area contributed by atoms with Gasteiger partial charge in [0, 0.05) is 5.54 Å². The molecule has 31 heavy (non-hydrogen) atoms. The molecule has 0 aliphatic heterocycles. The van der Waals surface area contributed by atoms with Crippen LogP contribution in [-0.2, 0) is 10.1 Å². The monoisotopic (exact) mass is 463 g/mol. The number of nitrogens with two attached hydrogens (primary N) is 1. The van der Waals surface area contributed by atoms with Gasteiger partial charge in [0.1, 0.15) is 0 Å². The molecule has 5 heteroatoms. The van der Waals surface area contributed by atoms with E-state index in [2.05, 4.69) is 20.8 Å². The van der Waals surface area contributed by atoms with Crippen molar-refractivity contribution in [1.29, 1.82) is 0 Å². The topological polar surface area (TPSA) is 80.4 Å². The summed E-state index contributed by atoms with van der Waals surface area (Å²) in [6, 6.07) is 0. The Labute approximate surface area is 196 Å². The van der Waals surface area contributed by atoms with Gasteiger partial charge in [-0.05, 0) is 19.3 Å². The Morgan fingerprint density at radius 2 is 0.742 bits per heavy atom. The van der Waals surface area contributed by atoms with Crippen LogP contribution in [-0.4, -0.2) is 24.8 Å². The molecule has 0 fully saturated rings. The lowest BCUT2D eigenvalue weighted by atomic mass is 9.82. The normalized spacial score (nSPS) is 11.9. The minimum Gasteiger partial charge on any atom is -0.325 e. The van der Waals surface area contributed by atoms with Crippen molar-refractivity contribution >= 4 is 10.1 Å². The second kappa shape index (κ2) is 23.0. The van der Waals surface area contributed by atoms with Crippen molar-refractivity contribution < 1.29 is 13.0 Å². The van der Waals surface area contributed by atoms with E-state index < -0.39 is 10.1 Å². The maximum absolute atomic E-state index is 9.19. The average Bonchev–Trinajstić information content (AvgIpc) is 2.69. The predicted octanol–water partition coefficient (Wildman–Crippen LogP) is 8.44. The summed E-state index contributed by atoms with van der Waals surface area (Å²) in [5, 5.41) is 0. The van der Waals surface area contributed by atoms with Gasteiger partial charge in [-0.25, -0.2) is 0 Å². The number of hydrogen-bond acceptors (Lipinski definition) is 3. The molecule has 0 saturated heterocycles. The molecular formula is C26H57NO3S. The van der Waals surface area contributed by atoms with Gasteiger partial charge in [-0.3, -0.25) is 4.55 Å². The first-order valence-corrected chi connectivity index (χ1v) is 15.2. The lowest BCUT2D eigenvalue weighted by molar-refractivity contribution is 0.302. The zero-order valence-corrected chi connectivity index (χ0v) is 22.4. The first kappa shape index (κ1) is 33.0. The number of unbranched alkanes of at least 4 members (excludes halogenated alkanes) is 15. The molecule has 0 rings (SSSR count). The summed E-state index contributed by atoms with van der Waals surface area (Å²) in [6.07, 6.45) is 29.5. The number of hydrogen-bond donors (Lipinski definition) is 2. The second-order valence-corrected chi connectivity index (χ2v) is 11.1. The van der Waals surface area contributed by atoms with Crippen LogP contribution in [0.25, 0.3) is 0 Å². The van der Waals surface area contributed by atoms with E-state index in [1.807, 2.05) is 0 Å². The van der Waals surface area contributed by atoms with E-state index in [1.54, 1.807) is 0 Å². The molecule has 0 atom stereocenters. The Balaban J connectivity index is 0. The molecular weight excluding hydrogens is 406 g/mol. The molecule has 0 bridgehead atoms. The lowest BCUT2D eigenvalue weighted by Crippen LogP contribution is -2.39. The fraction of sp³-hybridized carbons (Fsp3) is 1.00. The largest absolute Gasteiger partial charge is 0.325 e. The highest BCUT2D eigenvalue weighted by molar-refractivity contribution is 7.85. The Morgan fingerprint density at radius 1 is 0.548 bits per heavy atom. The smallest absolute Gasteiger partial charge is 0.261 e. The molecule has 0 spiro atoms. The third-order valence-corrected chi connectivity index (χ3v) is 6.08. The van der Waals surface area contributed by atoms with E-state index in [-0.39, 0.29) is 5.54 Å². The number of rotatable bonds is 21. The fourth-order valence-corrected chi connectivity index (χ4v) is 4.15. The molecule has 0 aromatic rings.